The Balaban J connectivity index is 1.60. The summed E-state index contributed by atoms with van der Waals surface area (Å²) in [5, 5.41) is 4.23. The molecule has 0 aliphatic rings. The number of hydrogen-bond acceptors (Lipinski definition) is 3. The predicted octanol–water partition coefficient (Wildman–Crippen LogP) is 7.55. The van der Waals surface area contributed by atoms with Gasteiger partial charge in [0, 0.05) is 11.6 Å². The first-order valence-corrected chi connectivity index (χ1v) is 13.3. The second kappa shape index (κ2) is 11.7. The van der Waals surface area contributed by atoms with E-state index in [1.54, 1.807) is 33.7 Å². The van der Waals surface area contributed by atoms with Crippen LogP contribution < -0.4 is 10.9 Å². The smallest absolute Gasteiger partial charge is 0.310 e. The third-order valence-electron chi connectivity index (χ3n) is 6.55. The fourth-order valence-electron chi connectivity index (χ4n) is 4.50. The maximum atomic E-state index is 13.8. The second-order valence-electron chi connectivity index (χ2n) is 9.21. The number of aromatic nitrogens is 2. The molecule has 39 heavy (non-hydrogen) atoms. The van der Waals surface area contributed by atoms with Crippen molar-refractivity contribution >= 4 is 45.8 Å². The number of nitrogens with zero attached hydrogens (tertiary/aromatic N) is 3. The van der Waals surface area contributed by atoms with Gasteiger partial charge in [0.1, 0.15) is 5.82 Å². The third-order valence-corrected chi connectivity index (χ3v) is 7.09. The molecular formula is C31H26Cl2N4O2. The van der Waals surface area contributed by atoms with Crippen molar-refractivity contribution in [2.45, 2.75) is 26.1 Å². The van der Waals surface area contributed by atoms with Gasteiger partial charge in [-0.1, -0.05) is 96.0 Å². The molecule has 5 rings (SSSR count). The van der Waals surface area contributed by atoms with E-state index in [1.807, 2.05) is 85.8 Å². The second-order valence-corrected chi connectivity index (χ2v) is 10.1. The molecule has 0 saturated heterocycles. The van der Waals surface area contributed by atoms with Crippen molar-refractivity contribution in [2.75, 3.05) is 5.32 Å². The minimum Gasteiger partial charge on any atom is -0.310 e. The molecule has 0 saturated carbocycles. The maximum absolute atomic E-state index is 13.8. The number of hydrogen-bond donors (Lipinski definition) is 1. The highest BCUT2D eigenvalue weighted by Gasteiger charge is 2.27. The molecule has 0 aliphatic carbocycles. The number of benzene rings is 4. The van der Waals surface area contributed by atoms with Gasteiger partial charge in [0.25, 0.3) is 5.56 Å². The van der Waals surface area contributed by atoms with E-state index in [9.17, 15) is 9.59 Å². The molecule has 0 bridgehead atoms. The minimum absolute atomic E-state index is 0.160. The number of nitrogens with one attached hydrogen (secondary N) is 1. The van der Waals surface area contributed by atoms with E-state index in [1.165, 1.54) is 0 Å². The Morgan fingerprint density at radius 2 is 1.54 bits per heavy atom. The van der Waals surface area contributed by atoms with Gasteiger partial charge in [-0.05, 0) is 48.4 Å². The van der Waals surface area contributed by atoms with Gasteiger partial charge in [0.2, 0.25) is 0 Å². The molecule has 1 aromatic heterocycles. The lowest BCUT2D eigenvalue weighted by Crippen LogP contribution is -2.40. The molecule has 196 valence electrons. The Labute approximate surface area is 236 Å². The number of para-hydroxylation sites is 1. The van der Waals surface area contributed by atoms with Crippen LogP contribution in [0.25, 0.3) is 10.9 Å². The third kappa shape index (κ3) is 5.98. The monoisotopic (exact) mass is 556 g/mol. The molecule has 6 nitrogen and oxygen atoms in total. The van der Waals surface area contributed by atoms with Gasteiger partial charge in [-0.15, -0.1) is 0 Å². The zero-order chi connectivity index (χ0) is 27.4. The lowest BCUT2D eigenvalue weighted by atomic mass is 10.1. The van der Waals surface area contributed by atoms with Crippen LogP contribution >= 0.6 is 23.2 Å². The molecular weight excluding hydrogens is 531 g/mol. The summed E-state index contributed by atoms with van der Waals surface area (Å²) >= 11 is 12.4. The van der Waals surface area contributed by atoms with Crippen molar-refractivity contribution in [3.05, 3.63) is 140 Å². The van der Waals surface area contributed by atoms with E-state index in [4.69, 9.17) is 28.2 Å². The summed E-state index contributed by atoms with van der Waals surface area (Å²) in [6.45, 7) is 2.48. The molecule has 0 fully saturated rings. The van der Waals surface area contributed by atoms with Crippen molar-refractivity contribution in [1.82, 2.24) is 14.5 Å². The van der Waals surface area contributed by atoms with Crippen LogP contribution in [0.2, 0.25) is 10.0 Å². The number of urea groups is 1. The molecule has 0 aliphatic heterocycles. The summed E-state index contributed by atoms with van der Waals surface area (Å²) in [6, 6.07) is 30.6. The van der Waals surface area contributed by atoms with Crippen LogP contribution in [0.15, 0.2) is 108 Å². The molecule has 1 N–H and O–H groups in total. The van der Waals surface area contributed by atoms with Crippen LogP contribution in [0, 0.1) is 0 Å². The number of fused-ring (bicyclic) bond motifs is 1. The van der Waals surface area contributed by atoms with Crippen LogP contribution in [-0.2, 0) is 13.1 Å². The molecule has 8 heteroatoms. The first-order valence-electron chi connectivity index (χ1n) is 12.5. The number of carbonyl (C=O) groups excluding carboxylic acids is 1. The Kier molecular flexibility index (Phi) is 7.96. The molecule has 0 radical (unpaired) electrons. The molecule has 2 amide bonds. The van der Waals surface area contributed by atoms with Crippen molar-refractivity contribution in [2.24, 2.45) is 0 Å². The SMILES string of the molecule is CC(c1nc2ccccc2c(=O)n1Cc1ccccc1)N(Cc1ccccc1)C(=O)Nc1ccc(Cl)cc1Cl. The number of rotatable bonds is 7. The normalized spacial score (nSPS) is 11.8. The van der Waals surface area contributed by atoms with E-state index >= 15 is 0 Å². The summed E-state index contributed by atoms with van der Waals surface area (Å²) < 4.78 is 1.66. The average molecular weight is 557 g/mol. The van der Waals surface area contributed by atoms with Gasteiger partial charge in [0.15, 0.2) is 0 Å². The molecule has 1 heterocycles. The summed E-state index contributed by atoms with van der Waals surface area (Å²) in [4.78, 5) is 34.1. The Bertz CT molecular complexity index is 1670. The topological polar surface area (TPSA) is 67.2 Å². The van der Waals surface area contributed by atoms with Crippen LogP contribution in [0.5, 0.6) is 0 Å². The van der Waals surface area contributed by atoms with Gasteiger partial charge in [-0.3, -0.25) is 9.36 Å². The largest absolute Gasteiger partial charge is 0.322 e. The molecule has 0 spiro atoms. The van der Waals surface area contributed by atoms with Gasteiger partial charge in [-0.25, -0.2) is 9.78 Å². The van der Waals surface area contributed by atoms with E-state index in [0.717, 1.165) is 11.1 Å². The Morgan fingerprint density at radius 3 is 2.23 bits per heavy atom. The van der Waals surface area contributed by atoms with E-state index in [-0.39, 0.29) is 18.1 Å². The van der Waals surface area contributed by atoms with Gasteiger partial charge >= 0.3 is 6.03 Å². The predicted molar refractivity (Wildman–Crippen MR) is 157 cm³/mol. The van der Waals surface area contributed by atoms with Crippen LogP contribution in [0.3, 0.4) is 0 Å². The van der Waals surface area contributed by atoms with Gasteiger partial charge < -0.3 is 10.2 Å². The summed E-state index contributed by atoms with van der Waals surface area (Å²) in [7, 11) is 0. The van der Waals surface area contributed by atoms with Gasteiger partial charge in [0.05, 0.1) is 34.2 Å². The summed E-state index contributed by atoms with van der Waals surface area (Å²) in [5.74, 6) is 0.482. The van der Waals surface area contributed by atoms with Crippen molar-refractivity contribution in [3.63, 3.8) is 0 Å². The highest BCUT2D eigenvalue weighted by Crippen LogP contribution is 2.28. The molecule has 1 unspecified atom stereocenters. The number of halogens is 2. The van der Waals surface area contributed by atoms with Crippen molar-refractivity contribution in [3.8, 4) is 0 Å². The van der Waals surface area contributed by atoms with Gasteiger partial charge in [-0.2, -0.15) is 0 Å². The summed E-state index contributed by atoms with van der Waals surface area (Å²) in [5.41, 5.74) is 2.74. The highest BCUT2D eigenvalue weighted by molar-refractivity contribution is 6.36. The lowest BCUT2D eigenvalue weighted by molar-refractivity contribution is 0.184. The number of amides is 2. The first-order chi connectivity index (χ1) is 18.9. The van der Waals surface area contributed by atoms with E-state index in [0.29, 0.717) is 39.0 Å². The fraction of sp³-hybridized carbons (Fsp3) is 0.129. The van der Waals surface area contributed by atoms with Crippen molar-refractivity contribution in [1.29, 1.82) is 0 Å². The van der Waals surface area contributed by atoms with Crippen LogP contribution in [-0.4, -0.2) is 20.5 Å². The Hall–Kier alpha value is -4.13. The number of carbonyl (C=O) groups is 1. The zero-order valence-corrected chi connectivity index (χ0v) is 22.7. The fourth-order valence-corrected chi connectivity index (χ4v) is 4.96. The minimum atomic E-state index is -0.572. The molecule has 4 aromatic carbocycles. The lowest BCUT2D eigenvalue weighted by Gasteiger charge is -2.31. The summed E-state index contributed by atoms with van der Waals surface area (Å²) in [6.07, 6.45) is 0. The standard InChI is InChI=1S/C31H26Cl2N4O2/c1-21(29-34-27-15-9-8-14-25(27)30(38)37(29)20-23-12-6-3-7-13-23)36(19-22-10-4-2-5-11-22)31(39)35-28-17-16-24(32)18-26(28)33/h2-18,21H,19-20H2,1H3,(H,35,39). The molecule has 5 aromatic rings. The maximum Gasteiger partial charge on any atom is 0.322 e. The van der Waals surface area contributed by atoms with Crippen LogP contribution in [0.1, 0.15) is 29.9 Å². The van der Waals surface area contributed by atoms with Crippen LogP contribution in [0.4, 0.5) is 10.5 Å². The van der Waals surface area contributed by atoms with Crippen molar-refractivity contribution < 1.29 is 4.79 Å². The first kappa shape index (κ1) is 26.5. The quantitative estimate of drug-likeness (QED) is 0.225. The highest BCUT2D eigenvalue weighted by atomic mass is 35.5. The zero-order valence-electron chi connectivity index (χ0n) is 21.2. The average Bonchev–Trinajstić information content (AvgIpc) is 2.95. The number of anilines is 1. The van der Waals surface area contributed by atoms with E-state index in [2.05, 4.69) is 5.32 Å². The van der Waals surface area contributed by atoms with E-state index < -0.39 is 6.04 Å². The Morgan fingerprint density at radius 1 is 0.897 bits per heavy atom. The molecule has 1 atom stereocenters.